The van der Waals surface area contributed by atoms with Crippen LogP contribution in [0, 0.1) is 6.92 Å². The molecule has 0 saturated carbocycles. The third kappa shape index (κ3) is 6.34. The van der Waals surface area contributed by atoms with Crippen molar-refractivity contribution in [2.45, 2.75) is 65.3 Å². The predicted octanol–water partition coefficient (Wildman–Crippen LogP) is 3.38. The van der Waals surface area contributed by atoms with Gasteiger partial charge < -0.3 is 9.42 Å². The minimum Gasteiger partial charge on any atom is -0.360 e. The van der Waals surface area contributed by atoms with Crippen LogP contribution in [0.5, 0.6) is 0 Å². The highest BCUT2D eigenvalue weighted by atomic mass is 16.5. The van der Waals surface area contributed by atoms with Gasteiger partial charge in [0, 0.05) is 38.7 Å². The van der Waals surface area contributed by atoms with Crippen molar-refractivity contribution >= 4 is 5.91 Å². The summed E-state index contributed by atoms with van der Waals surface area (Å²) >= 11 is 0. The maximum absolute atomic E-state index is 12.2. The van der Waals surface area contributed by atoms with Crippen LogP contribution < -0.4 is 0 Å². The van der Waals surface area contributed by atoms with Gasteiger partial charge in [0.25, 0.3) is 0 Å². The van der Waals surface area contributed by atoms with Crippen molar-refractivity contribution in [2.75, 3.05) is 26.2 Å². The van der Waals surface area contributed by atoms with E-state index in [1.165, 1.54) is 32.1 Å². The Morgan fingerprint density at radius 2 is 1.83 bits per heavy atom. The second-order valence-corrected chi connectivity index (χ2v) is 6.61. The molecule has 0 spiro atoms. The van der Waals surface area contributed by atoms with Gasteiger partial charge in [0.1, 0.15) is 0 Å². The van der Waals surface area contributed by atoms with Crippen LogP contribution in [0.4, 0.5) is 0 Å². The summed E-state index contributed by atoms with van der Waals surface area (Å²) in [5, 5.41) is 3.92. The van der Waals surface area contributed by atoms with Crippen molar-refractivity contribution in [1.29, 1.82) is 0 Å². The van der Waals surface area contributed by atoms with Gasteiger partial charge in [-0.05, 0) is 13.3 Å². The van der Waals surface area contributed by atoms with Gasteiger partial charge in [0.05, 0.1) is 12.2 Å². The molecular formula is C18H31N3O2. The summed E-state index contributed by atoms with van der Waals surface area (Å²) in [7, 11) is 0. The molecule has 130 valence electrons. The normalized spacial score (nSPS) is 16.0. The lowest BCUT2D eigenvalue weighted by Gasteiger charge is -2.34. The molecule has 1 aliphatic rings. The van der Waals surface area contributed by atoms with Gasteiger partial charge in [0.2, 0.25) is 5.91 Å². The number of hydrogen-bond donors (Lipinski definition) is 0. The van der Waals surface area contributed by atoms with E-state index < -0.39 is 0 Å². The average molecular weight is 321 g/mol. The Morgan fingerprint density at radius 1 is 1.13 bits per heavy atom. The van der Waals surface area contributed by atoms with Crippen LogP contribution >= 0.6 is 0 Å². The zero-order chi connectivity index (χ0) is 16.5. The number of carbonyl (C=O) groups is 1. The van der Waals surface area contributed by atoms with Crippen molar-refractivity contribution in [3.63, 3.8) is 0 Å². The van der Waals surface area contributed by atoms with Gasteiger partial charge in [-0.25, -0.2) is 0 Å². The molecule has 5 heteroatoms. The molecule has 1 fully saturated rings. The van der Waals surface area contributed by atoms with E-state index >= 15 is 0 Å². The van der Waals surface area contributed by atoms with E-state index in [0.717, 1.165) is 50.6 Å². The van der Waals surface area contributed by atoms with E-state index in [1.54, 1.807) is 0 Å². The fraction of sp³-hybridized carbons (Fsp3) is 0.778. The first-order valence-corrected chi connectivity index (χ1v) is 9.11. The Hall–Kier alpha value is -1.36. The number of amides is 1. The van der Waals surface area contributed by atoms with E-state index in [1.807, 2.05) is 17.9 Å². The number of nitrogens with zero attached hydrogens (tertiary/aromatic N) is 3. The molecule has 1 aliphatic heterocycles. The van der Waals surface area contributed by atoms with Gasteiger partial charge in [-0.3, -0.25) is 9.69 Å². The van der Waals surface area contributed by atoms with Gasteiger partial charge in [-0.2, -0.15) is 0 Å². The third-order valence-electron chi connectivity index (χ3n) is 4.53. The maximum Gasteiger partial charge on any atom is 0.222 e. The van der Waals surface area contributed by atoms with Crippen molar-refractivity contribution < 1.29 is 9.32 Å². The largest absolute Gasteiger partial charge is 0.360 e. The molecule has 0 atom stereocenters. The number of aryl methyl sites for hydroxylation is 1. The van der Waals surface area contributed by atoms with Crippen molar-refractivity contribution in [1.82, 2.24) is 15.0 Å². The highest BCUT2D eigenvalue weighted by Crippen LogP contribution is 2.12. The number of piperazine rings is 1. The van der Waals surface area contributed by atoms with Crippen LogP contribution in [-0.2, 0) is 11.3 Å². The maximum atomic E-state index is 12.2. The molecule has 5 nitrogen and oxygen atoms in total. The van der Waals surface area contributed by atoms with E-state index in [9.17, 15) is 4.79 Å². The van der Waals surface area contributed by atoms with E-state index in [0.29, 0.717) is 12.3 Å². The van der Waals surface area contributed by atoms with Crippen molar-refractivity contribution in [3.05, 3.63) is 17.5 Å². The summed E-state index contributed by atoms with van der Waals surface area (Å²) in [6.45, 7) is 8.46. The number of unbranched alkanes of at least 4 members (excludes halogenated alkanes) is 5. The van der Waals surface area contributed by atoms with Gasteiger partial charge in [-0.1, -0.05) is 44.2 Å². The van der Waals surface area contributed by atoms with E-state index in [2.05, 4.69) is 17.0 Å². The molecule has 2 heterocycles. The molecule has 23 heavy (non-hydrogen) atoms. The third-order valence-corrected chi connectivity index (χ3v) is 4.53. The topological polar surface area (TPSA) is 49.6 Å². The number of aromatic nitrogens is 1. The summed E-state index contributed by atoms with van der Waals surface area (Å²) in [4.78, 5) is 16.6. The van der Waals surface area contributed by atoms with Crippen LogP contribution in [0.25, 0.3) is 0 Å². The summed E-state index contributed by atoms with van der Waals surface area (Å²) in [5.74, 6) is 1.24. The number of rotatable bonds is 9. The van der Waals surface area contributed by atoms with Gasteiger partial charge >= 0.3 is 0 Å². The highest BCUT2D eigenvalue weighted by Gasteiger charge is 2.21. The summed E-state index contributed by atoms with van der Waals surface area (Å²) in [6.07, 6.45) is 8.12. The second-order valence-electron chi connectivity index (χ2n) is 6.61. The molecule has 1 aromatic rings. The molecule has 0 aromatic carbocycles. The molecule has 0 aliphatic carbocycles. The van der Waals surface area contributed by atoms with E-state index in [4.69, 9.17) is 4.52 Å². The van der Waals surface area contributed by atoms with Crippen LogP contribution in [0.15, 0.2) is 10.6 Å². The highest BCUT2D eigenvalue weighted by molar-refractivity contribution is 5.76. The lowest BCUT2D eigenvalue weighted by molar-refractivity contribution is -0.133. The van der Waals surface area contributed by atoms with Crippen LogP contribution in [0.1, 0.15) is 63.3 Å². The molecule has 1 amide bonds. The Morgan fingerprint density at radius 3 is 2.48 bits per heavy atom. The first-order valence-electron chi connectivity index (χ1n) is 9.11. The minimum atomic E-state index is 0.329. The van der Waals surface area contributed by atoms with Crippen molar-refractivity contribution in [3.8, 4) is 0 Å². The Bertz CT molecular complexity index is 465. The summed E-state index contributed by atoms with van der Waals surface area (Å²) in [6, 6.07) is 1.98. The smallest absolute Gasteiger partial charge is 0.222 e. The SMILES string of the molecule is CCCCCCCCC(=O)N1CCN(Cc2cc(C)no2)CC1. The fourth-order valence-corrected chi connectivity index (χ4v) is 3.08. The van der Waals surface area contributed by atoms with E-state index in [-0.39, 0.29) is 0 Å². The average Bonchev–Trinajstić information content (AvgIpc) is 2.96. The number of carbonyl (C=O) groups excluding carboxylic acids is 1. The fourth-order valence-electron chi connectivity index (χ4n) is 3.08. The molecule has 0 unspecified atom stereocenters. The summed E-state index contributed by atoms with van der Waals surface area (Å²) < 4.78 is 5.26. The Balaban J connectivity index is 1.59. The van der Waals surface area contributed by atoms with Crippen molar-refractivity contribution in [2.24, 2.45) is 0 Å². The van der Waals surface area contributed by atoms with Gasteiger partial charge in [0.15, 0.2) is 5.76 Å². The molecule has 0 radical (unpaired) electrons. The summed E-state index contributed by atoms with van der Waals surface area (Å²) in [5.41, 5.74) is 0.924. The molecular weight excluding hydrogens is 290 g/mol. The lowest BCUT2D eigenvalue weighted by atomic mass is 10.1. The van der Waals surface area contributed by atoms with Gasteiger partial charge in [-0.15, -0.1) is 0 Å². The zero-order valence-electron chi connectivity index (χ0n) is 14.7. The molecule has 2 rings (SSSR count). The Kier molecular flexibility index (Phi) is 7.59. The number of hydrogen-bond acceptors (Lipinski definition) is 4. The molecule has 0 N–H and O–H groups in total. The van der Waals surface area contributed by atoms with Crippen LogP contribution in [-0.4, -0.2) is 47.0 Å². The quantitative estimate of drug-likeness (QED) is 0.654. The second kappa shape index (κ2) is 9.71. The first kappa shape index (κ1) is 18.0. The molecule has 0 bridgehead atoms. The predicted molar refractivity (Wildman–Crippen MR) is 91.1 cm³/mol. The lowest BCUT2D eigenvalue weighted by Crippen LogP contribution is -2.48. The minimum absolute atomic E-state index is 0.329. The monoisotopic (exact) mass is 321 g/mol. The van der Waals surface area contributed by atoms with Crippen LogP contribution in [0.3, 0.4) is 0 Å². The Labute approximate surface area is 140 Å². The zero-order valence-corrected chi connectivity index (χ0v) is 14.7. The molecule has 1 aromatic heterocycles. The molecule has 1 saturated heterocycles. The first-order chi connectivity index (χ1) is 11.2. The standard InChI is InChI=1S/C18H31N3O2/c1-3-4-5-6-7-8-9-18(22)21-12-10-20(11-13-21)15-17-14-16(2)19-23-17/h14H,3-13,15H2,1-2H3. The van der Waals surface area contributed by atoms with Crippen LogP contribution in [0.2, 0.25) is 0 Å².